The van der Waals surface area contributed by atoms with Gasteiger partial charge in [-0.25, -0.2) is 4.98 Å². The van der Waals surface area contributed by atoms with E-state index >= 15 is 0 Å². The average molecular weight is 264 g/mol. The number of hydrogen-bond donors (Lipinski definition) is 1. The van der Waals surface area contributed by atoms with Crippen molar-refractivity contribution in [2.45, 2.75) is 0 Å². The van der Waals surface area contributed by atoms with Crippen molar-refractivity contribution < 1.29 is 5.11 Å². The molecule has 3 rings (SSSR count). The molecule has 0 spiro atoms. The fraction of sp³-hybridized carbons (Fsp3) is 0. The Bertz CT molecular complexity index is 720. The molecule has 1 aromatic heterocycles. The molecular weight excluding hydrogens is 252 g/mol. The molecule has 0 saturated carbocycles. The van der Waals surface area contributed by atoms with Crippen LogP contribution in [0.25, 0.3) is 5.69 Å². The SMILES string of the molecule is Oc1c(N=Nc2ccccc2)ncn1-c1ccccc1. The molecule has 98 valence electrons. The van der Waals surface area contributed by atoms with Crippen LogP contribution < -0.4 is 0 Å². The summed E-state index contributed by atoms with van der Waals surface area (Å²) in [6.07, 6.45) is 1.52. The average Bonchev–Trinajstić information content (AvgIpc) is 2.88. The maximum Gasteiger partial charge on any atom is 0.245 e. The van der Waals surface area contributed by atoms with Crippen molar-refractivity contribution in [3.8, 4) is 11.6 Å². The zero-order chi connectivity index (χ0) is 13.8. The Morgan fingerprint density at radius 1 is 0.850 bits per heavy atom. The van der Waals surface area contributed by atoms with E-state index in [0.717, 1.165) is 5.69 Å². The summed E-state index contributed by atoms with van der Waals surface area (Å²) in [7, 11) is 0. The first kappa shape index (κ1) is 12.1. The largest absolute Gasteiger partial charge is 0.491 e. The van der Waals surface area contributed by atoms with Gasteiger partial charge in [-0.1, -0.05) is 36.4 Å². The van der Waals surface area contributed by atoms with Crippen LogP contribution in [0.4, 0.5) is 11.5 Å². The second-order valence-electron chi connectivity index (χ2n) is 4.13. The highest BCUT2D eigenvalue weighted by atomic mass is 16.3. The molecule has 0 bridgehead atoms. The maximum absolute atomic E-state index is 10.1. The number of para-hydroxylation sites is 1. The van der Waals surface area contributed by atoms with Gasteiger partial charge in [-0.05, 0) is 24.3 Å². The lowest BCUT2D eigenvalue weighted by molar-refractivity contribution is 0.444. The number of aromatic hydroxyl groups is 1. The van der Waals surface area contributed by atoms with E-state index in [-0.39, 0.29) is 11.7 Å². The van der Waals surface area contributed by atoms with Gasteiger partial charge in [0, 0.05) is 0 Å². The summed E-state index contributed by atoms with van der Waals surface area (Å²) in [5.74, 6) is 0.161. The lowest BCUT2D eigenvalue weighted by Crippen LogP contribution is -1.89. The van der Waals surface area contributed by atoms with Gasteiger partial charge in [-0.15, -0.1) is 10.2 Å². The molecular formula is C15H12N4O. The molecule has 20 heavy (non-hydrogen) atoms. The lowest BCUT2D eigenvalue weighted by Gasteiger charge is -2.02. The Kier molecular flexibility index (Phi) is 3.24. The Labute approximate surface area is 115 Å². The highest BCUT2D eigenvalue weighted by molar-refractivity contribution is 5.46. The number of nitrogens with zero attached hydrogens (tertiary/aromatic N) is 4. The second kappa shape index (κ2) is 5.36. The van der Waals surface area contributed by atoms with E-state index in [1.165, 1.54) is 6.33 Å². The van der Waals surface area contributed by atoms with E-state index in [9.17, 15) is 5.11 Å². The number of aromatic nitrogens is 2. The van der Waals surface area contributed by atoms with Crippen LogP contribution in [0.2, 0.25) is 0 Å². The predicted molar refractivity (Wildman–Crippen MR) is 75.8 cm³/mol. The van der Waals surface area contributed by atoms with E-state index in [4.69, 9.17) is 0 Å². The first-order valence-corrected chi connectivity index (χ1v) is 6.13. The van der Waals surface area contributed by atoms with Gasteiger partial charge in [0.25, 0.3) is 0 Å². The van der Waals surface area contributed by atoms with Gasteiger partial charge in [-0.2, -0.15) is 0 Å². The molecule has 1 N–H and O–H groups in total. The van der Waals surface area contributed by atoms with E-state index < -0.39 is 0 Å². The molecule has 0 atom stereocenters. The van der Waals surface area contributed by atoms with Crippen molar-refractivity contribution in [2.75, 3.05) is 0 Å². The van der Waals surface area contributed by atoms with E-state index in [2.05, 4.69) is 15.2 Å². The zero-order valence-electron chi connectivity index (χ0n) is 10.6. The zero-order valence-corrected chi connectivity index (χ0v) is 10.6. The molecule has 2 aromatic carbocycles. The molecule has 5 nitrogen and oxygen atoms in total. The summed E-state index contributed by atoms with van der Waals surface area (Å²) in [4.78, 5) is 4.06. The first-order valence-electron chi connectivity index (χ1n) is 6.13. The Morgan fingerprint density at radius 3 is 2.20 bits per heavy atom. The van der Waals surface area contributed by atoms with Crippen LogP contribution in [-0.4, -0.2) is 14.7 Å². The number of imidazole rings is 1. The topological polar surface area (TPSA) is 62.8 Å². The third-order valence-electron chi connectivity index (χ3n) is 2.77. The number of azo groups is 1. The standard InChI is InChI=1S/C15H12N4O/c20-15-14(18-17-12-7-3-1-4-8-12)16-11-19(15)13-9-5-2-6-10-13/h1-11,20H. The minimum absolute atomic E-state index is 0.0316. The molecule has 0 fully saturated rings. The van der Waals surface area contributed by atoms with Gasteiger partial charge in [0.05, 0.1) is 11.4 Å². The van der Waals surface area contributed by atoms with Crippen LogP contribution in [0.15, 0.2) is 77.2 Å². The van der Waals surface area contributed by atoms with Gasteiger partial charge in [-0.3, -0.25) is 4.57 Å². The normalized spacial score (nSPS) is 11.0. The van der Waals surface area contributed by atoms with Gasteiger partial charge < -0.3 is 5.11 Å². The third-order valence-corrected chi connectivity index (χ3v) is 2.77. The summed E-state index contributed by atoms with van der Waals surface area (Å²) < 4.78 is 1.55. The smallest absolute Gasteiger partial charge is 0.245 e. The van der Waals surface area contributed by atoms with Crippen LogP contribution in [0, 0.1) is 0 Å². The highest BCUT2D eigenvalue weighted by Gasteiger charge is 2.10. The third kappa shape index (κ3) is 2.42. The fourth-order valence-corrected chi connectivity index (χ4v) is 1.78. The molecule has 0 aliphatic carbocycles. The molecule has 5 heteroatoms. The van der Waals surface area contributed by atoms with Crippen molar-refractivity contribution in [3.05, 3.63) is 67.0 Å². The molecule has 0 aliphatic rings. The molecule has 3 aromatic rings. The van der Waals surface area contributed by atoms with Gasteiger partial charge in [0.1, 0.15) is 6.33 Å². The highest BCUT2D eigenvalue weighted by Crippen LogP contribution is 2.28. The summed E-state index contributed by atoms with van der Waals surface area (Å²) in [6.45, 7) is 0. The predicted octanol–water partition coefficient (Wildman–Crippen LogP) is 3.99. The molecule has 0 aliphatic heterocycles. The molecule has 0 amide bonds. The summed E-state index contributed by atoms with van der Waals surface area (Å²) in [5, 5.41) is 18.1. The van der Waals surface area contributed by atoms with Crippen molar-refractivity contribution in [1.82, 2.24) is 9.55 Å². The minimum Gasteiger partial charge on any atom is -0.491 e. The number of rotatable bonds is 3. The Hall–Kier alpha value is -2.95. The van der Waals surface area contributed by atoms with Crippen molar-refractivity contribution >= 4 is 11.5 Å². The van der Waals surface area contributed by atoms with Crippen molar-refractivity contribution in [2.24, 2.45) is 10.2 Å². The number of benzene rings is 2. The van der Waals surface area contributed by atoms with Gasteiger partial charge in [0.15, 0.2) is 0 Å². The van der Waals surface area contributed by atoms with Crippen molar-refractivity contribution in [3.63, 3.8) is 0 Å². The maximum atomic E-state index is 10.1. The number of hydrogen-bond acceptors (Lipinski definition) is 4. The quantitative estimate of drug-likeness (QED) is 0.727. The van der Waals surface area contributed by atoms with E-state index in [1.807, 2.05) is 60.7 Å². The molecule has 0 radical (unpaired) electrons. The molecule has 1 heterocycles. The van der Waals surface area contributed by atoms with E-state index in [1.54, 1.807) is 4.57 Å². The lowest BCUT2D eigenvalue weighted by atomic mass is 10.3. The van der Waals surface area contributed by atoms with Crippen LogP contribution in [0.3, 0.4) is 0 Å². The Balaban J connectivity index is 1.90. The Morgan fingerprint density at radius 2 is 1.50 bits per heavy atom. The summed E-state index contributed by atoms with van der Waals surface area (Å²) >= 11 is 0. The van der Waals surface area contributed by atoms with E-state index in [0.29, 0.717) is 5.69 Å². The van der Waals surface area contributed by atoms with Crippen LogP contribution in [0.5, 0.6) is 5.88 Å². The molecule has 0 unspecified atom stereocenters. The summed E-state index contributed by atoms with van der Waals surface area (Å²) in [6, 6.07) is 18.7. The first-order chi connectivity index (χ1) is 9.84. The van der Waals surface area contributed by atoms with Gasteiger partial charge in [0.2, 0.25) is 11.7 Å². The van der Waals surface area contributed by atoms with Gasteiger partial charge >= 0.3 is 0 Å². The van der Waals surface area contributed by atoms with Crippen LogP contribution in [-0.2, 0) is 0 Å². The fourth-order valence-electron chi connectivity index (χ4n) is 1.78. The second-order valence-corrected chi connectivity index (χ2v) is 4.13. The minimum atomic E-state index is -0.0316. The monoisotopic (exact) mass is 264 g/mol. The van der Waals surface area contributed by atoms with Crippen LogP contribution in [0.1, 0.15) is 0 Å². The molecule has 0 saturated heterocycles. The summed E-state index contributed by atoms with van der Waals surface area (Å²) in [5.41, 5.74) is 1.53. The van der Waals surface area contributed by atoms with Crippen molar-refractivity contribution in [1.29, 1.82) is 0 Å². The van der Waals surface area contributed by atoms with Crippen LogP contribution >= 0.6 is 0 Å².